The summed E-state index contributed by atoms with van der Waals surface area (Å²) >= 11 is 5.78. The average molecular weight is 285 g/mol. The predicted molar refractivity (Wildman–Crippen MR) is 65.8 cm³/mol. The van der Waals surface area contributed by atoms with Gasteiger partial charge in [-0.25, -0.2) is 13.2 Å². The van der Waals surface area contributed by atoms with E-state index in [9.17, 15) is 18.0 Å². The summed E-state index contributed by atoms with van der Waals surface area (Å²) in [5, 5.41) is 0.0916. The smallest absolute Gasteiger partial charge is 0.168 e. The monoisotopic (exact) mass is 284 g/mol. The van der Waals surface area contributed by atoms with Crippen molar-refractivity contribution in [2.24, 2.45) is 0 Å². The van der Waals surface area contributed by atoms with E-state index in [1.54, 1.807) is 0 Å². The van der Waals surface area contributed by atoms with E-state index in [1.807, 2.05) is 0 Å². The number of Topliss-reactive ketones (excluding diaryl/α,β-unsaturated/α-hetero) is 1. The van der Waals surface area contributed by atoms with Gasteiger partial charge in [0, 0.05) is 18.1 Å². The van der Waals surface area contributed by atoms with Gasteiger partial charge in [0.1, 0.15) is 17.5 Å². The fraction of sp³-hybridized carbons (Fsp3) is 0.0714. The van der Waals surface area contributed by atoms with Gasteiger partial charge in [0.25, 0.3) is 0 Å². The maximum absolute atomic E-state index is 13.4. The molecule has 0 N–H and O–H groups in total. The molecule has 0 amide bonds. The second-order valence-electron chi connectivity index (χ2n) is 3.96. The summed E-state index contributed by atoms with van der Waals surface area (Å²) in [6.07, 6.45) is -0.310. The second kappa shape index (κ2) is 5.45. The lowest BCUT2D eigenvalue weighted by atomic mass is 10.0. The van der Waals surface area contributed by atoms with Crippen LogP contribution in [0.2, 0.25) is 5.02 Å². The summed E-state index contributed by atoms with van der Waals surface area (Å²) in [6.45, 7) is 0. The Morgan fingerprint density at radius 2 is 1.63 bits per heavy atom. The van der Waals surface area contributed by atoms with Crippen molar-refractivity contribution in [1.29, 1.82) is 0 Å². The fourth-order valence-corrected chi connectivity index (χ4v) is 1.87. The lowest BCUT2D eigenvalue weighted by Crippen LogP contribution is -2.06. The van der Waals surface area contributed by atoms with Gasteiger partial charge >= 0.3 is 0 Å². The molecule has 0 heterocycles. The molecule has 5 heteroatoms. The van der Waals surface area contributed by atoms with Crippen LogP contribution in [0.4, 0.5) is 13.2 Å². The minimum Gasteiger partial charge on any atom is -0.294 e. The molecule has 0 saturated carbocycles. The van der Waals surface area contributed by atoms with Crippen LogP contribution in [-0.2, 0) is 6.42 Å². The number of carbonyl (C=O) groups excluding carboxylic acids is 1. The fourth-order valence-electron chi connectivity index (χ4n) is 1.64. The highest BCUT2D eigenvalue weighted by Gasteiger charge is 2.14. The molecule has 0 aliphatic carbocycles. The highest BCUT2D eigenvalue weighted by molar-refractivity contribution is 6.34. The average Bonchev–Trinajstić information content (AvgIpc) is 2.35. The van der Waals surface area contributed by atoms with Crippen molar-refractivity contribution in [2.75, 3.05) is 0 Å². The van der Waals surface area contributed by atoms with Crippen LogP contribution in [-0.4, -0.2) is 5.78 Å². The van der Waals surface area contributed by atoms with Gasteiger partial charge in [-0.3, -0.25) is 4.79 Å². The predicted octanol–water partition coefficient (Wildman–Crippen LogP) is 4.18. The van der Waals surface area contributed by atoms with Crippen molar-refractivity contribution in [3.8, 4) is 0 Å². The van der Waals surface area contributed by atoms with E-state index < -0.39 is 23.2 Å². The third kappa shape index (κ3) is 3.15. The van der Waals surface area contributed by atoms with Crippen molar-refractivity contribution in [3.63, 3.8) is 0 Å². The zero-order valence-electron chi connectivity index (χ0n) is 9.59. The quantitative estimate of drug-likeness (QED) is 0.773. The van der Waals surface area contributed by atoms with Crippen LogP contribution < -0.4 is 0 Å². The molecule has 19 heavy (non-hydrogen) atoms. The zero-order chi connectivity index (χ0) is 14.0. The standard InChI is InChI=1S/C14H8ClF3O/c15-12-4-3-9(16)6-11(12)14(19)5-8-1-2-10(17)7-13(8)18/h1-4,6-7H,5H2. The molecule has 0 aliphatic rings. The van der Waals surface area contributed by atoms with Crippen LogP contribution in [0.15, 0.2) is 36.4 Å². The molecule has 98 valence electrons. The molecule has 0 radical (unpaired) electrons. The molecule has 0 fully saturated rings. The first-order valence-corrected chi connectivity index (χ1v) is 5.77. The van der Waals surface area contributed by atoms with Gasteiger partial charge in [-0.1, -0.05) is 17.7 Å². The van der Waals surface area contributed by atoms with Gasteiger partial charge in [0.15, 0.2) is 5.78 Å². The summed E-state index contributed by atoms with van der Waals surface area (Å²) < 4.78 is 39.2. The van der Waals surface area contributed by atoms with Crippen LogP contribution in [0.1, 0.15) is 15.9 Å². The van der Waals surface area contributed by atoms with E-state index in [4.69, 9.17) is 11.6 Å². The number of hydrogen-bond donors (Lipinski definition) is 0. The van der Waals surface area contributed by atoms with Crippen LogP contribution in [0.3, 0.4) is 0 Å². The zero-order valence-corrected chi connectivity index (χ0v) is 10.3. The molecule has 2 rings (SSSR count). The van der Waals surface area contributed by atoms with E-state index in [2.05, 4.69) is 0 Å². The molecule has 0 unspecified atom stereocenters. The molecular weight excluding hydrogens is 277 g/mol. The highest BCUT2D eigenvalue weighted by atomic mass is 35.5. The van der Waals surface area contributed by atoms with Crippen molar-refractivity contribution < 1.29 is 18.0 Å². The maximum Gasteiger partial charge on any atom is 0.168 e. The van der Waals surface area contributed by atoms with Crippen LogP contribution >= 0.6 is 11.6 Å². The summed E-state index contributed by atoms with van der Waals surface area (Å²) in [7, 11) is 0. The van der Waals surface area contributed by atoms with Crippen LogP contribution in [0, 0.1) is 17.5 Å². The normalized spacial score (nSPS) is 10.5. The van der Waals surface area contributed by atoms with Gasteiger partial charge in [0.05, 0.1) is 5.02 Å². The van der Waals surface area contributed by atoms with Crippen molar-refractivity contribution in [3.05, 3.63) is 70.0 Å². The molecule has 0 saturated heterocycles. The van der Waals surface area contributed by atoms with E-state index in [1.165, 1.54) is 12.1 Å². The Morgan fingerprint density at radius 1 is 1.00 bits per heavy atom. The molecule has 0 bridgehead atoms. The molecule has 0 spiro atoms. The van der Waals surface area contributed by atoms with Crippen LogP contribution in [0.5, 0.6) is 0 Å². The molecule has 0 aliphatic heterocycles. The van der Waals surface area contributed by atoms with E-state index in [0.717, 1.165) is 18.2 Å². The first kappa shape index (κ1) is 13.6. The lowest BCUT2D eigenvalue weighted by molar-refractivity contribution is 0.0991. The highest BCUT2D eigenvalue weighted by Crippen LogP contribution is 2.20. The minimum absolute atomic E-state index is 0.0228. The number of benzene rings is 2. The van der Waals surface area contributed by atoms with Crippen molar-refractivity contribution in [1.82, 2.24) is 0 Å². The van der Waals surface area contributed by atoms with Gasteiger partial charge in [-0.2, -0.15) is 0 Å². The summed E-state index contributed by atoms with van der Waals surface area (Å²) in [4.78, 5) is 11.9. The number of carbonyl (C=O) groups is 1. The number of rotatable bonds is 3. The lowest BCUT2D eigenvalue weighted by Gasteiger charge is -2.05. The van der Waals surface area contributed by atoms with Crippen LogP contribution in [0.25, 0.3) is 0 Å². The first-order valence-electron chi connectivity index (χ1n) is 5.39. The molecule has 0 aromatic heterocycles. The Balaban J connectivity index is 2.28. The summed E-state index contributed by atoms with van der Waals surface area (Å²) in [5.41, 5.74) is 0.0112. The van der Waals surface area contributed by atoms with Crippen molar-refractivity contribution in [2.45, 2.75) is 6.42 Å². The Morgan fingerprint density at radius 3 is 2.32 bits per heavy atom. The number of halogens is 4. The number of hydrogen-bond acceptors (Lipinski definition) is 1. The van der Waals surface area contributed by atoms with E-state index in [-0.39, 0.29) is 22.6 Å². The maximum atomic E-state index is 13.4. The number of ketones is 1. The van der Waals surface area contributed by atoms with E-state index in [0.29, 0.717) is 6.07 Å². The third-order valence-electron chi connectivity index (χ3n) is 2.59. The van der Waals surface area contributed by atoms with E-state index >= 15 is 0 Å². The first-order chi connectivity index (χ1) is 8.97. The second-order valence-corrected chi connectivity index (χ2v) is 4.37. The van der Waals surface area contributed by atoms with Gasteiger partial charge in [-0.15, -0.1) is 0 Å². The molecule has 1 nitrogen and oxygen atoms in total. The Bertz CT molecular complexity index is 641. The van der Waals surface area contributed by atoms with Gasteiger partial charge in [0.2, 0.25) is 0 Å². The topological polar surface area (TPSA) is 17.1 Å². The van der Waals surface area contributed by atoms with Gasteiger partial charge in [-0.05, 0) is 29.8 Å². The Hall–Kier alpha value is -1.81. The third-order valence-corrected chi connectivity index (χ3v) is 2.92. The Kier molecular flexibility index (Phi) is 3.90. The molecule has 2 aromatic rings. The molecule has 2 aromatic carbocycles. The molecule has 0 atom stereocenters. The van der Waals surface area contributed by atoms with Gasteiger partial charge < -0.3 is 0 Å². The largest absolute Gasteiger partial charge is 0.294 e. The summed E-state index contributed by atoms with van der Waals surface area (Å²) in [5.74, 6) is -2.68. The van der Waals surface area contributed by atoms with Crippen molar-refractivity contribution >= 4 is 17.4 Å². The minimum atomic E-state index is -0.819. The molecular formula is C14H8ClF3O. The Labute approximate surface area is 112 Å². The summed E-state index contributed by atoms with van der Waals surface area (Å²) in [6, 6.07) is 6.29. The SMILES string of the molecule is O=C(Cc1ccc(F)cc1F)c1cc(F)ccc1Cl.